The van der Waals surface area contributed by atoms with Gasteiger partial charge in [0.1, 0.15) is 12.4 Å². The number of benzene rings is 2. The standard InChI is InChI=1S/C24H20N4O3S/c29-23(21-12-13-22(32-21)28-24(30)27-17-7-2-1-3-8-17)26-18-10-6-11-20(15-18)31-16-19-9-4-5-14-25-19/h1-15H,16H2,(H,26,29)(H2,27,28,30). The molecule has 0 aliphatic rings. The first-order valence-electron chi connectivity index (χ1n) is 9.83. The molecule has 4 rings (SSSR count). The zero-order chi connectivity index (χ0) is 22.2. The number of amides is 3. The number of anilines is 3. The van der Waals surface area contributed by atoms with E-state index in [1.54, 1.807) is 48.7 Å². The van der Waals surface area contributed by atoms with Crippen molar-refractivity contribution < 1.29 is 14.3 Å². The Morgan fingerprint density at radius 3 is 2.44 bits per heavy atom. The highest BCUT2D eigenvalue weighted by molar-refractivity contribution is 7.18. The van der Waals surface area contributed by atoms with Crippen molar-refractivity contribution in [1.82, 2.24) is 4.98 Å². The van der Waals surface area contributed by atoms with Crippen LogP contribution in [-0.4, -0.2) is 16.9 Å². The van der Waals surface area contributed by atoms with Crippen LogP contribution in [0.15, 0.2) is 91.1 Å². The van der Waals surface area contributed by atoms with Crippen LogP contribution in [0.5, 0.6) is 5.75 Å². The van der Waals surface area contributed by atoms with Gasteiger partial charge in [0.15, 0.2) is 0 Å². The Kier molecular flexibility index (Phi) is 6.74. The van der Waals surface area contributed by atoms with E-state index in [0.29, 0.717) is 33.6 Å². The summed E-state index contributed by atoms with van der Waals surface area (Å²) < 4.78 is 5.75. The number of nitrogens with zero attached hydrogens (tertiary/aromatic N) is 1. The molecule has 7 nitrogen and oxygen atoms in total. The first kappa shape index (κ1) is 21.1. The molecule has 3 N–H and O–H groups in total. The van der Waals surface area contributed by atoms with Crippen LogP contribution in [0.4, 0.5) is 21.2 Å². The fourth-order valence-electron chi connectivity index (χ4n) is 2.82. The number of hydrogen-bond donors (Lipinski definition) is 3. The minimum absolute atomic E-state index is 0.270. The van der Waals surface area contributed by atoms with E-state index in [0.717, 1.165) is 5.69 Å². The summed E-state index contributed by atoms with van der Waals surface area (Å²) in [4.78, 5) is 29.4. The van der Waals surface area contributed by atoms with Crippen LogP contribution in [0.3, 0.4) is 0 Å². The van der Waals surface area contributed by atoms with Crippen LogP contribution >= 0.6 is 11.3 Å². The summed E-state index contributed by atoms with van der Waals surface area (Å²) in [6.07, 6.45) is 1.71. The van der Waals surface area contributed by atoms with Gasteiger partial charge in [0, 0.05) is 23.6 Å². The summed E-state index contributed by atoms with van der Waals surface area (Å²) in [5, 5.41) is 8.89. The van der Waals surface area contributed by atoms with Crippen LogP contribution in [0, 0.1) is 0 Å². The van der Waals surface area contributed by atoms with Crippen molar-refractivity contribution in [1.29, 1.82) is 0 Å². The van der Waals surface area contributed by atoms with Crippen LogP contribution in [0.2, 0.25) is 0 Å². The second-order valence-electron chi connectivity index (χ2n) is 6.70. The van der Waals surface area contributed by atoms with Gasteiger partial charge in [0.2, 0.25) is 0 Å². The molecule has 2 aromatic heterocycles. The lowest BCUT2D eigenvalue weighted by Gasteiger charge is -2.08. The highest BCUT2D eigenvalue weighted by atomic mass is 32.1. The Morgan fingerprint density at radius 1 is 0.812 bits per heavy atom. The Labute approximate surface area is 189 Å². The van der Waals surface area contributed by atoms with Gasteiger partial charge < -0.3 is 15.4 Å². The molecule has 0 bridgehead atoms. The molecule has 8 heteroatoms. The van der Waals surface area contributed by atoms with Gasteiger partial charge in [0.25, 0.3) is 5.91 Å². The largest absolute Gasteiger partial charge is 0.487 e. The van der Waals surface area contributed by atoms with Gasteiger partial charge in [-0.1, -0.05) is 30.3 Å². The number of urea groups is 1. The number of carbonyl (C=O) groups is 2. The third-order valence-corrected chi connectivity index (χ3v) is 5.30. The number of pyridine rings is 1. The molecule has 0 fully saturated rings. The maximum absolute atomic E-state index is 12.6. The normalized spacial score (nSPS) is 10.2. The molecule has 32 heavy (non-hydrogen) atoms. The maximum Gasteiger partial charge on any atom is 0.324 e. The van der Waals surface area contributed by atoms with Crippen LogP contribution in [0.25, 0.3) is 0 Å². The Morgan fingerprint density at radius 2 is 1.62 bits per heavy atom. The SMILES string of the molecule is O=C(Nc1ccccc1)Nc1ccc(C(=O)Nc2cccc(OCc3ccccn3)c2)s1. The number of hydrogen-bond acceptors (Lipinski definition) is 5. The van der Waals surface area contributed by atoms with Crippen molar-refractivity contribution in [3.05, 3.63) is 102 Å². The molecule has 0 aliphatic heterocycles. The molecule has 0 aliphatic carbocycles. The van der Waals surface area contributed by atoms with Crippen molar-refractivity contribution in [2.24, 2.45) is 0 Å². The minimum atomic E-state index is -0.372. The van der Waals surface area contributed by atoms with E-state index < -0.39 is 0 Å². The summed E-state index contributed by atoms with van der Waals surface area (Å²) in [6.45, 7) is 0.337. The fraction of sp³-hybridized carbons (Fsp3) is 0.0417. The topological polar surface area (TPSA) is 92.4 Å². The van der Waals surface area contributed by atoms with E-state index in [4.69, 9.17) is 4.74 Å². The Hall–Kier alpha value is -4.17. The van der Waals surface area contributed by atoms with Crippen molar-refractivity contribution in [3.8, 4) is 5.75 Å². The first-order valence-corrected chi connectivity index (χ1v) is 10.6. The zero-order valence-corrected chi connectivity index (χ0v) is 17.8. The molecule has 0 saturated heterocycles. The molecular formula is C24H20N4O3S. The summed E-state index contributed by atoms with van der Waals surface area (Å²) in [6, 6.07) is 24.9. The van der Waals surface area contributed by atoms with Gasteiger partial charge >= 0.3 is 6.03 Å². The van der Waals surface area contributed by atoms with Crippen molar-refractivity contribution in [3.63, 3.8) is 0 Å². The van der Waals surface area contributed by atoms with E-state index in [1.807, 2.05) is 42.5 Å². The van der Waals surface area contributed by atoms with E-state index in [1.165, 1.54) is 11.3 Å². The molecule has 160 valence electrons. The molecule has 0 atom stereocenters. The highest BCUT2D eigenvalue weighted by Crippen LogP contribution is 2.24. The monoisotopic (exact) mass is 444 g/mol. The van der Waals surface area contributed by atoms with E-state index in [2.05, 4.69) is 20.9 Å². The predicted molar refractivity (Wildman–Crippen MR) is 126 cm³/mol. The van der Waals surface area contributed by atoms with Gasteiger partial charge in [-0.05, 0) is 48.5 Å². The molecule has 2 aromatic carbocycles. The second-order valence-corrected chi connectivity index (χ2v) is 7.78. The number of aromatic nitrogens is 1. The molecular weight excluding hydrogens is 424 g/mol. The Bertz CT molecular complexity index is 1200. The van der Waals surface area contributed by atoms with Gasteiger partial charge in [-0.3, -0.25) is 15.1 Å². The van der Waals surface area contributed by atoms with Gasteiger partial charge in [-0.25, -0.2) is 4.79 Å². The van der Waals surface area contributed by atoms with Gasteiger partial charge in [0.05, 0.1) is 15.6 Å². The highest BCUT2D eigenvalue weighted by Gasteiger charge is 2.12. The molecule has 0 unspecified atom stereocenters. The second kappa shape index (κ2) is 10.2. The summed E-state index contributed by atoms with van der Waals surface area (Å²) in [5.41, 5.74) is 2.11. The van der Waals surface area contributed by atoms with Crippen molar-refractivity contribution in [2.45, 2.75) is 6.61 Å². The number of carbonyl (C=O) groups excluding carboxylic acids is 2. The molecule has 0 saturated carbocycles. The zero-order valence-electron chi connectivity index (χ0n) is 16.9. The molecule has 2 heterocycles. The smallest absolute Gasteiger partial charge is 0.324 e. The number of para-hydroxylation sites is 1. The number of nitrogens with one attached hydrogen (secondary N) is 3. The van der Waals surface area contributed by atoms with E-state index in [9.17, 15) is 9.59 Å². The third kappa shape index (κ3) is 5.93. The van der Waals surface area contributed by atoms with Crippen molar-refractivity contribution >= 4 is 39.7 Å². The van der Waals surface area contributed by atoms with Crippen molar-refractivity contribution in [2.75, 3.05) is 16.0 Å². The first-order chi connectivity index (χ1) is 15.7. The summed E-state index contributed by atoms with van der Waals surface area (Å²) in [7, 11) is 0. The minimum Gasteiger partial charge on any atom is -0.487 e. The lowest BCUT2D eigenvalue weighted by Crippen LogP contribution is -2.18. The number of rotatable bonds is 7. The maximum atomic E-state index is 12.6. The van der Waals surface area contributed by atoms with E-state index in [-0.39, 0.29) is 11.9 Å². The third-order valence-electron chi connectivity index (χ3n) is 4.30. The quantitative estimate of drug-likeness (QED) is 0.345. The lowest BCUT2D eigenvalue weighted by atomic mass is 10.3. The fourth-order valence-corrected chi connectivity index (χ4v) is 3.62. The lowest BCUT2D eigenvalue weighted by molar-refractivity contribution is 0.103. The van der Waals surface area contributed by atoms with Crippen LogP contribution in [0.1, 0.15) is 15.4 Å². The average molecular weight is 445 g/mol. The molecule has 0 radical (unpaired) electrons. The van der Waals surface area contributed by atoms with Gasteiger partial charge in [-0.15, -0.1) is 11.3 Å². The number of thiophene rings is 1. The van der Waals surface area contributed by atoms with Crippen LogP contribution < -0.4 is 20.7 Å². The molecule has 4 aromatic rings. The molecule has 3 amide bonds. The summed E-state index contributed by atoms with van der Waals surface area (Å²) in [5.74, 6) is 0.355. The van der Waals surface area contributed by atoms with Crippen LogP contribution in [-0.2, 0) is 6.61 Å². The summed E-state index contributed by atoms with van der Waals surface area (Å²) >= 11 is 1.19. The van der Waals surface area contributed by atoms with E-state index >= 15 is 0 Å². The predicted octanol–water partition coefficient (Wildman–Crippen LogP) is 5.62. The average Bonchev–Trinajstić information content (AvgIpc) is 3.28. The number of ether oxygens (including phenoxy) is 1. The Balaban J connectivity index is 1.32. The molecule has 0 spiro atoms. The van der Waals surface area contributed by atoms with Gasteiger partial charge in [-0.2, -0.15) is 0 Å².